The van der Waals surface area contributed by atoms with Crippen LogP contribution in [-0.4, -0.2) is 114 Å². The van der Waals surface area contributed by atoms with Crippen LogP contribution in [0.5, 0.6) is 0 Å². The van der Waals surface area contributed by atoms with Gasteiger partial charge >= 0.3 is 0 Å². The Balaban J connectivity index is 2.03. The van der Waals surface area contributed by atoms with Gasteiger partial charge in [0.1, 0.15) is 0 Å². The number of aliphatic hydroxyl groups is 1. The molecule has 0 bridgehead atoms. The molecule has 0 aromatic carbocycles. The molecule has 2 saturated heterocycles. The number of hydrogen-bond donors (Lipinski definition) is 1. The maximum atomic E-state index is 13.6. The largest absolute Gasteiger partial charge is 0.396 e. The van der Waals surface area contributed by atoms with Crippen molar-refractivity contribution in [2.75, 3.05) is 59.5 Å². The third-order valence-corrected chi connectivity index (χ3v) is 6.04. The monoisotopic (exact) mass is 376 g/mol. The van der Waals surface area contributed by atoms with E-state index in [4.69, 9.17) is 0 Å². The zero-order valence-electron chi connectivity index (χ0n) is 17.2. The van der Waals surface area contributed by atoms with Crippen LogP contribution in [0.4, 0.5) is 8.78 Å². The number of rotatable bonds is 7. The van der Waals surface area contributed by atoms with Crippen molar-refractivity contribution in [3.8, 4) is 0 Å². The number of nitrogens with zero attached hydrogens (tertiary/aromatic N) is 4. The molecule has 0 aromatic rings. The number of halogens is 2. The standard InChI is InChI=1S/C19H38F2N4O/c1-15(2)24-9-8-23(13-17(24)18(20)21)14-19(3,4)25-10-7-22(5)12-16(25)6-11-26/h15-18,26H,6-14H2,1-5H3. The second kappa shape index (κ2) is 9.24. The Morgan fingerprint density at radius 1 is 1.08 bits per heavy atom. The molecule has 2 fully saturated rings. The van der Waals surface area contributed by atoms with Gasteiger partial charge in [0.2, 0.25) is 0 Å². The van der Waals surface area contributed by atoms with Crippen LogP contribution in [0.15, 0.2) is 0 Å². The first kappa shape index (κ1) is 22.0. The SMILES string of the molecule is CC(C)N1CCN(CC(C)(C)N2CCN(C)CC2CCO)CC1C(F)F. The molecule has 0 aromatic heterocycles. The average Bonchev–Trinajstić information content (AvgIpc) is 2.54. The third-order valence-electron chi connectivity index (χ3n) is 6.04. The molecule has 5 nitrogen and oxygen atoms in total. The van der Waals surface area contributed by atoms with Gasteiger partial charge in [-0.2, -0.15) is 0 Å². The van der Waals surface area contributed by atoms with Crippen LogP contribution in [0, 0.1) is 0 Å². The fourth-order valence-corrected chi connectivity index (χ4v) is 4.73. The molecular formula is C19H38F2N4O. The van der Waals surface area contributed by atoms with Crippen LogP contribution in [0.2, 0.25) is 0 Å². The second-order valence-corrected chi connectivity index (χ2v) is 8.90. The normalized spacial score (nSPS) is 28.4. The van der Waals surface area contributed by atoms with Crippen molar-refractivity contribution in [3.05, 3.63) is 0 Å². The molecule has 0 amide bonds. The molecule has 2 unspecified atom stereocenters. The quantitative estimate of drug-likeness (QED) is 0.727. The molecule has 2 aliphatic rings. The van der Waals surface area contributed by atoms with Gasteiger partial charge in [-0.15, -0.1) is 0 Å². The third kappa shape index (κ3) is 5.35. The lowest BCUT2D eigenvalue weighted by molar-refractivity contribution is -0.0613. The Kier molecular flexibility index (Phi) is 7.80. The van der Waals surface area contributed by atoms with Crippen molar-refractivity contribution in [1.82, 2.24) is 19.6 Å². The zero-order valence-corrected chi connectivity index (χ0v) is 17.2. The van der Waals surface area contributed by atoms with Crippen LogP contribution < -0.4 is 0 Å². The number of alkyl halides is 2. The number of hydrogen-bond acceptors (Lipinski definition) is 5. The minimum Gasteiger partial charge on any atom is -0.396 e. The predicted octanol–water partition coefficient (Wildman–Crippen LogP) is 1.42. The van der Waals surface area contributed by atoms with Crippen molar-refractivity contribution in [1.29, 1.82) is 0 Å². The summed E-state index contributed by atoms with van der Waals surface area (Å²) in [6.07, 6.45) is -1.55. The molecule has 1 N–H and O–H groups in total. The topological polar surface area (TPSA) is 33.2 Å². The molecule has 2 atom stereocenters. The molecule has 0 aliphatic carbocycles. The van der Waals surface area contributed by atoms with E-state index in [1.165, 1.54) is 0 Å². The summed E-state index contributed by atoms with van der Waals surface area (Å²) in [5.41, 5.74) is -0.103. The van der Waals surface area contributed by atoms with Gasteiger partial charge < -0.3 is 10.0 Å². The van der Waals surface area contributed by atoms with Crippen molar-refractivity contribution >= 4 is 0 Å². The number of likely N-dealkylation sites (N-methyl/N-ethyl adjacent to an activating group) is 1. The van der Waals surface area contributed by atoms with Crippen LogP contribution in [0.25, 0.3) is 0 Å². The Morgan fingerprint density at radius 2 is 1.77 bits per heavy atom. The highest BCUT2D eigenvalue weighted by Gasteiger charge is 2.40. The Hall–Kier alpha value is -0.340. The van der Waals surface area contributed by atoms with E-state index in [0.29, 0.717) is 19.1 Å². The highest BCUT2D eigenvalue weighted by molar-refractivity contribution is 4.95. The van der Waals surface area contributed by atoms with Gasteiger partial charge in [-0.25, -0.2) is 8.78 Å². The first-order chi connectivity index (χ1) is 12.2. The Morgan fingerprint density at radius 3 is 2.35 bits per heavy atom. The summed E-state index contributed by atoms with van der Waals surface area (Å²) in [5.74, 6) is 0. The van der Waals surface area contributed by atoms with E-state index in [2.05, 4.69) is 35.6 Å². The van der Waals surface area contributed by atoms with E-state index in [1.807, 2.05) is 18.7 Å². The van der Waals surface area contributed by atoms with E-state index >= 15 is 0 Å². The first-order valence-electron chi connectivity index (χ1n) is 9.98. The van der Waals surface area contributed by atoms with Gasteiger partial charge in [-0.3, -0.25) is 14.7 Å². The smallest absolute Gasteiger partial charge is 0.255 e. The Bertz CT molecular complexity index is 436. The van der Waals surface area contributed by atoms with Gasteiger partial charge in [0, 0.05) is 70.0 Å². The summed E-state index contributed by atoms with van der Waals surface area (Å²) >= 11 is 0. The van der Waals surface area contributed by atoms with Gasteiger partial charge in [0.15, 0.2) is 0 Å². The molecule has 154 valence electrons. The molecule has 2 heterocycles. The van der Waals surface area contributed by atoms with E-state index in [9.17, 15) is 13.9 Å². The van der Waals surface area contributed by atoms with E-state index in [1.54, 1.807) is 0 Å². The highest BCUT2D eigenvalue weighted by Crippen LogP contribution is 2.26. The molecule has 0 saturated carbocycles. The van der Waals surface area contributed by atoms with E-state index in [-0.39, 0.29) is 18.2 Å². The minimum atomic E-state index is -2.31. The maximum Gasteiger partial charge on any atom is 0.255 e. The molecule has 0 spiro atoms. The molecule has 2 rings (SSSR count). The lowest BCUT2D eigenvalue weighted by Crippen LogP contribution is -2.65. The molecule has 0 radical (unpaired) electrons. The van der Waals surface area contributed by atoms with E-state index in [0.717, 1.165) is 39.1 Å². The van der Waals surface area contributed by atoms with Gasteiger partial charge in [0.25, 0.3) is 6.43 Å². The van der Waals surface area contributed by atoms with Crippen molar-refractivity contribution < 1.29 is 13.9 Å². The van der Waals surface area contributed by atoms with Gasteiger partial charge in [-0.05, 0) is 41.2 Å². The Labute approximate surface area is 157 Å². The minimum absolute atomic E-state index is 0.103. The van der Waals surface area contributed by atoms with Gasteiger partial charge in [-0.1, -0.05) is 0 Å². The molecule has 2 aliphatic heterocycles. The summed E-state index contributed by atoms with van der Waals surface area (Å²) in [6, 6.07) is -0.215. The van der Waals surface area contributed by atoms with Crippen LogP contribution in [0.3, 0.4) is 0 Å². The summed E-state index contributed by atoms with van der Waals surface area (Å²) in [6.45, 7) is 14.3. The first-order valence-corrected chi connectivity index (χ1v) is 9.98. The van der Waals surface area contributed by atoms with Crippen molar-refractivity contribution in [3.63, 3.8) is 0 Å². The lowest BCUT2D eigenvalue weighted by atomic mass is 9.95. The van der Waals surface area contributed by atoms with Crippen LogP contribution in [-0.2, 0) is 0 Å². The van der Waals surface area contributed by atoms with E-state index < -0.39 is 12.5 Å². The predicted molar refractivity (Wildman–Crippen MR) is 102 cm³/mol. The fraction of sp³-hybridized carbons (Fsp3) is 1.00. The molecule has 7 heteroatoms. The van der Waals surface area contributed by atoms with Crippen LogP contribution in [0.1, 0.15) is 34.1 Å². The zero-order chi connectivity index (χ0) is 19.5. The summed E-state index contributed by atoms with van der Waals surface area (Å²) < 4.78 is 27.2. The fourth-order valence-electron chi connectivity index (χ4n) is 4.73. The maximum absolute atomic E-state index is 13.6. The van der Waals surface area contributed by atoms with Crippen LogP contribution >= 0.6 is 0 Å². The van der Waals surface area contributed by atoms with Crippen molar-refractivity contribution in [2.45, 2.75) is 64.2 Å². The summed E-state index contributed by atoms with van der Waals surface area (Å²) in [4.78, 5) is 8.94. The molecule has 26 heavy (non-hydrogen) atoms. The van der Waals surface area contributed by atoms with Gasteiger partial charge in [0.05, 0.1) is 6.04 Å². The average molecular weight is 377 g/mol. The highest BCUT2D eigenvalue weighted by atomic mass is 19.3. The summed E-state index contributed by atoms with van der Waals surface area (Å²) in [5, 5.41) is 9.44. The van der Waals surface area contributed by atoms with Crippen molar-refractivity contribution in [2.24, 2.45) is 0 Å². The molecular weight excluding hydrogens is 338 g/mol. The second-order valence-electron chi connectivity index (χ2n) is 8.90. The lowest BCUT2D eigenvalue weighted by Gasteiger charge is -2.52. The summed E-state index contributed by atoms with van der Waals surface area (Å²) in [7, 11) is 2.12. The number of aliphatic hydroxyl groups excluding tert-OH is 1. The number of piperazine rings is 2.